The number of nitrogens with two attached hydrogens (primary N) is 4. The molecule has 9 N–H and O–H groups in total. The van der Waals surface area contributed by atoms with Crippen molar-refractivity contribution in [3.63, 3.8) is 0 Å². The van der Waals surface area contributed by atoms with Crippen molar-refractivity contribution in [1.29, 1.82) is 0 Å². The molecule has 1 aliphatic heterocycles. The fourth-order valence-corrected chi connectivity index (χ4v) is 8.94. The number of para-hydroxylation sites is 3. The molecule has 0 unspecified atom stereocenters. The number of esters is 2. The third-order valence-corrected chi connectivity index (χ3v) is 14.8. The van der Waals surface area contributed by atoms with Gasteiger partial charge in [0.25, 0.3) is 22.1 Å². The minimum absolute atomic E-state index is 0. The summed E-state index contributed by atoms with van der Waals surface area (Å²) in [7, 11) is -0.280. The van der Waals surface area contributed by atoms with Gasteiger partial charge in [-0.05, 0) is 158 Å². The average Bonchev–Trinajstić information content (AvgIpc) is 1.60. The van der Waals surface area contributed by atoms with Crippen molar-refractivity contribution in [3.8, 4) is 33.4 Å². The minimum atomic E-state index is -1.50. The monoisotopic (exact) mass is 1460 g/mol. The second kappa shape index (κ2) is 39.4. The first kappa shape index (κ1) is 80.0. The maximum absolute atomic E-state index is 11.3. The van der Waals surface area contributed by atoms with Crippen LogP contribution < -0.4 is 28.4 Å². The van der Waals surface area contributed by atoms with Gasteiger partial charge in [0.2, 0.25) is 0 Å². The fraction of sp³-hybridized carbons (Fsp3) is 0.182. The first-order valence-corrected chi connectivity index (χ1v) is 30.1. The van der Waals surface area contributed by atoms with Crippen LogP contribution in [0.3, 0.4) is 0 Å². The molecular formula is C66H71BBr2N12O16. The zero-order chi connectivity index (χ0) is 72.6. The maximum Gasteiger partial charge on any atom is 0.494 e. The van der Waals surface area contributed by atoms with Crippen molar-refractivity contribution < 1.29 is 59.7 Å². The zero-order valence-corrected chi connectivity index (χ0v) is 56.9. The van der Waals surface area contributed by atoms with Crippen molar-refractivity contribution >= 4 is 108 Å². The van der Waals surface area contributed by atoms with Crippen molar-refractivity contribution in [2.75, 3.05) is 22.9 Å². The van der Waals surface area contributed by atoms with Gasteiger partial charge in [-0.1, -0.05) is 70.5 Å². The highest BCUT2D eigenvalue weighted by Gasteiger charge is 2.51. The van der Waals surface area contributed by atoms with Gasteiger partial charge >= 0.3 is 19.1 Å². The molecule has 1 saturated heterocycles. The number of nitrogen functional groups attached to an aromatic ring is 4. The summed E-state index contributed by atoms with van der Waals surface area (Å²) >= 11 is 6.46. The number of carbonyl (C=O) groups is 4. The number of nitro groups is 3. The van der Waals surface area contributed by atoms with E-state index in [0.29, 0.717) is 38.1 Å². The summed E-state index contributed by atoms with van der Waals surface area (Å²) in [5.41, 5.74) is 31.2. The molecule has 4 aromatic heterocycles. The molecule has 0 aliphatic carbocycles. The Morgan fingerprint density at radius 1 is 0.474 bits per heavy atom. The van der Waals surface area contributed by atoms with E-state index in [1.54, 1.807) is 116 Å². The highest BCUT2D eigenvalue weighted by atomic mass is 79.9. The van der Waals surface area contributed by atoms with Gasteiger partial charge in [0.1, 0.15) is 17.3 Å². The van der Waals surface area contributed by atoms with Gasteiger partial charge in [-0.2, -0.15) is 0 Å². The number of hydrogen-bond acceptors (Lipinski definition) is 23. The number of rotatable bonds is 11. The smallest absolute Gasteiger partial charge is 0.399 e. The Morgan fingerprint density at radius 2 is 0.804 bits per heavy atom. The number of nitro benzene ring substituents is 3. The molecule has 1 aliphatic rings. The first-order valence-electron chi connectivity index (χ1n) is 28.5. The predicted molar refractivity (Wildman–Crippen MR) is 377 cm³/mol. The van der Waals surface area contributed by atoms with Crippen molar-refractivity contribution in [3.05, 3.63) is 256 Å². The Morgan fingerprint density at radius 3 is 1.19 bits per heavy atom. The molecule has 0 radical (unpaired) electrons. The molecule has 0 atom stereocenters. The van der Waals surface area contributed by atoms with Crippen LogP contribution in [-0.2, 0) is 46.1 Å². The number of Topliss-reactive ketones (excluding diaryl/α,β-unsaturated/α-hetero) is 2. The lowest BCUT2D eigenvalue weighted by Gasteiger charge is -2.32. The lowest BCUT2D eigenvalue weighted by Crippen LogP contribution is -2.41. The van der Waals surface area contributed by atoms with Crippen LogP contribution >= 0.6 is 31.9 Å². The number of pyridine rings is 4. The number of hydrogen-bond donors (Lipinski definition) is 5. The quantitative estimate of drug-likeness (QED) is 0.0200. The van der Waals surface area contributed by atoms with E-state index in [0.717, 1.165) is 37.9 Å². The van der Waals surface area contributed by atoms with Crippen LogP contribution in [0.5, 0.6) is 0 Å². The van der Waals surface area contributed by atoms with Gasteiger partial charge < -0.3 is 42.2 Å². The standard InChI is InChI=1S/C14H12N2O3.C11H16BNO2.C11H9N3O2.C11H11N3.C9H8BrNO3.C6H6BrN.C4H6O3.HNO3.H2/c1-10(17)9-13-12(11-5-7-15-8-6-11)3-2-4-14(13)16(18)19;1-10(2)11(3,4)15-12(14-10)9-5-7-13-8-6-9;12-11-9(8-4-6-13-7-5-8)2-1-3-10(11)14(15)16;12-10-3-1-2-9(11(10)13)8-4-6-14-7-5-8;1-6(12)5-7-8(10)3-2-4-9(7)11(13)14;7-5-3-1-2-4-6(5)8;1-3(5)7-4(2)6;2-1(3)4;/h2-8H,9H2,1H3;5-8H,1-4H3;1-7H,12H2;1-7H,12-13H2;2-4H,5H2,1H3;1-4H,8H2;1-2H3;(H,2,3,4);1H. The molecule has 31 heteroatoms. The molecule has 0 spiro atoms. The van der Waals surface area contributed by atoms with E-state index in [9.17, 15) is 49.5 Å². The van der Waals surface area contributed by atoms with E-state index < -0.39 is 31.8 Å². The van der Waals surface area contributed by atoms with Crippen molar-refractivity contribution in [2.45, 2.75) is 79.4 Å². The zero-order valence-electron chi connectivity index (χ0n) is 53.7. The Kier molecular flexibility index (Phi) is 32.5. The predicted octanol–water partition coefficient (Wildman–Crippen LogP) is 12.8. The normalized spacial score (nSPS) is 11.6. The third-order valence-electron chi connectivity index (χ3n) is 13.3. The SMILES string of the molecule is CC(=O)Cc1c(-c2ccncc2)cccc1[N+](=O)[O-].CC(=O)Cc1c(Br)cccc1[N+](=O)[O-].CC(=O)OC(C)=O.CC1(C)OB(c2ccncc2)OC1(C)C.Nc1c(-c2ccncc2)cccc1[N+](=O)[O-].Nc1cccc(-c2ccncc2)c1N.Nc1ccccc1Br.O=[N+]([O-])O.[HH]. The highest BCUT2D eigenvalue weighted by molar-refractivity contribution is 9.11. The number of anilines is 4. The van der Waals surface area contributed by atoms with E-state index in [-0.39, 0.29) is 66.9 Å². The highest BCUT2D eigenvalue weighted by Crippen LogP contribution is 2.37. The molecule has 28 nitrogen and oxygen atoms in total. The van der Waals surface area contributed by atoms with E-state index in [2.05, 4.69) is 56.5 Å². The van der Waals surface area contributed by atoms with E-state index in [1.165, 1.54) is 45.9 Å². The molecule has 5 aromatic carbocycles. The largest absolute Gasteiger partial charge is 0.494 e. The van der Waals surface area contributed by atoms with Gasteiger partial charge in [0, 0.05) is 127 Å². The number of halogens is 2. The second-order valence-electron chi connectivity index (χ2n) is 21.0. The van der Waals surface area contributed by atoms with Gasteiger partial charge in [-0.15, -0.1) is 10.1 Å². The summed E-state index contributed by atoms with van der Waals surface area (Å²) < 4.78 is 17.3. The molecule has 508 valence electrons. The summed E-state index contributed by atoms with van der Waals surface area (Å²) in [4.78, 5) is 96.9. The summed E-state index contributed by atoms with van der Waals surface area (Å²) in [6.07, 6.45) is 13.6. The topological polar surface area (TPSA) is 444 Å². The molecule has 9 aromatic rings. The number of ether oxygens (including phenoxy) is 1. The Bertz CT molecular complexity index is 4090. The number of carbonyl (C=O) groups excluding carboxylic acids is 4. The summed E-state index contributed by atoms with van der Waals surface area (Å²) in [6, 6.07) is 42.2. The van der Waals surface area contributed by atoms with Crippen LogP contribution in [0, 0.1) is 40.5 Å². The Balaban J connectivity index is 0.000000391. The first-order chi connectivity index (χ1) is 45.7. The van der Waals surface area contributed by atoms with Crippen LogP contribution in [0.25, 0.3) is 33.4 Å². The van der Waals surface area contributed by atoms with Crippen LogP contribution in [-0.4, -0.2) is 86.8 Å². The van der Waals surface area contributed by atoms with Crippen molar-refractivity contribution in [2.24, 2.45) is 0 Å². The number of benzene rings is 5. The van der Waals surface area contributed by atoms with Crippen LogP contribution in [0.4, 0.5) is 39.8 Å². The molecular weight excluding hydrogens is 1390 g/mol. The minimum Gasteiger partial charge on any atom is -0.399 e. The lowest BCUT2D eigenvalue weighted by molar-refractivity contribution is -0.742. The Hall–Kier alpha value is -11.3. The number of aromatic nitrogens is 4. The van der Waals surface area contributed by atoms with Crippen LogP contribution in [0.1, 0.15) is 67.9 Å². The van der Waals surface area contributed by atoms with Crippen LogP contribution in [0.15, 0.2) is 204 Å². The molecule has 10 rings (SSSR count). The number of ketones is 2. The van der Waals surface area contributed by atoms with Crippen LogP contribution in [0.2, 0.25) is 0 Å². The molecule has 97 heavy (non-hydrogen) atoms. The van der Waals surface area contributed by atoms with Gasteiger partial charge in [0.05, 0.1) is 42.9 Å². The van der Waals surface area contributed by atoms with Crippen molar-refractivity contribution in [1.82, 2.24) is 19.9 Å². The fourth-order valence-electron chi connectivity index (χ4n) is 8.16. The second-order valence-corrected chi connectivity index (χ2v) is 22.7. The summed E-state index contributed by atoms with van der Waals surface area (Å²) in [6.45, 7) is 13.4. The maximum atomic E-state index is 11.3. The third kappa shape index (κ3) is 26.9. The van der Waals surface area contributed by atoms with Gasteiger partial charge in [-0.3, -0.25) is 69.5 Å². The Labute approximate surface area is 575 Å². The lowest BCUT2D eigenvalue weighted by atomic mass is 9.80. The molecule has 0 bridgehead atoms. The summed E-state index contributed by atoms with van der Waals surface area (Å²) in [5, 5.41) is 46.1. The summed E-state index contributed by atoms with van der Waals surface area (Å²) in [5.74, 6) is -1.33. The van der Waals surface area contributed by atoms with E-state index >= 15 is 0 Å². The molecule has 5 heterocycles. The number of nitrogens with zero attached hydrogens (tertiary/aromatic N) is 8. The molecule has 1 fully saturated rings. The van der Waals surface area contributed by atoms with E-state index in [1.807, 2.05) is 88.4 Å². The van der Waals surface area contributed by atoms with Gasteiger partial charge in [-0.25, -0.2) is 0 Å². The average molecular weight is 1460 g/mol. The molecule has 0 amide bonds. The van der Waals surface area contributed by atoms with E-state index in [4.69, 9.17) is 47.6 Å². The molecule has 0 saturated carbocycles. The van der Waals surface area contributed by atoms with Gasteiger partial charge in [0.15, 0.2) is 0 Å².